The van der Waals surface area contributed by atoms with E-state index in [1.165, 1.54) is 25.1 Å². The molecule has 0 radical (unpaired) electrons. The molecule has 0 saturated carbocycles. The fourth-order valence-corrected chi connectivity index (χ4v) is 2.45. The molecule has 3 rings (SSSR count). The van der Waals surface area contributed by atoms with Crippen LogP contribution >= 0.6 is 0 Å². The van der Waals surface area contributed by atoms with Crippen molar-refractivity contribution in [1.82, 2.24) is 0 Å². The molecule has 0 fully saturated rings. The molecule has 0 aliphatic carbocycles. The molecule has 0 nitrogen and oxygen atoms in total. The molecule has 0 unspecified atom stereocenters. The van der Waals surface area contributed by atoms with E-state index in [-0.39, 0.29) is 16.9 Å². The Bertz CT molecular complexity index is 967. The molecule has 3 aromatic carbocycles. The zero-order chi connectivity index (χ0) is 18.0. The van der Waals surface area contributed by atoms with Gasteiger partial charge in [0.2, 0.25) is 0 Å². The molecule has 0 aliphatic rings. The molecular weight excluding hydrogens is 321 g/mol. The van der Waals surface area contributed by atoms with Gasteiger partial charge >= 0.3 is 0 Å². The summed E-state index contributed by atoms with van der Waals surface area (Å²) < 4.78 is 41.1. The van der Waals surface area contributed by atoms with E-state index in [1.54, 1.807) is 30.3 Å². The maximum Gasteiger partial charge on any atom is 0.131 e. The van der Waals surface area contributed by atoms with Crippen molar-refractivity contribution < 1.29 is 13.2 Å². The molecule has 0 amide bonds. The number of hydrogen-bond acceptors (Lipinski definition) is 0. The summed E-state index contributed by atoms with van der Waals surface area (Å²) in [6.45, 7) is 3.22. The molecule has 0 N–H and O–H groups in total. The monoisotopic (exact) mass is 336 g/mol. The van der Waals surface area contributed by atoms with E-state index in [4.69, 9.17) is 0 Å². The molecule has 0 aliphatic heterocycles. The third-order valence-electron chi connectivity index (χ3n) is 3.95. The Morgan fingerprint density at radius 2 is 1.24 bits per heavy atom. The summed E-state index contributed by atoms with van der Waals surface area (Å²) in [5, 5.41) is 0. The quantitative estimate of drug-likeness (QED) is 0.494. The second-order valence-corrected chi connectivity index (χ2v) is 5.88. The smallest absolute Gasteiger partial charge is 0.131 e. The summed E-state index contributed by atoms with van der Waals surface area (Å²) in [5.41, 5.74) is 3.06. The van der Waals surface area contributed by atoms with Crippen LogP contribution in [0.2, 0.25) is 0 Å². The number of aryl methyl sites for hydroxylation is 1. The van der Waals surface area contributed by atoms with Gasteiger partial charge in [-0.25, -0.2) is 13.2 Å². The third-order valence-corrected chi connectivity index (χ3v) is 3.95. The van der Waals surface area contributed by atoms with E-state index in [9.17, 15) is 13.2 Å². The van der Waals surface area contributed by atoms with Crippen LogP contribution < -0.4 is 0 Å². The Morgan fingerprint density at radius 1 is 0.640 bits per heavy atom. The molecule has 0 heterocycles. The highest BCUT2D eigenvalue weighted by Gasteiger charge is 2.06. The van der Waals surface area contributed by atoms with Crippen molar-refractivity contribution in [2.24, 2.45) is 0 Å². The van der Waals surface area contributed by atoms with Crippen molar-refractivity contribution in [1.29, 1.82) is 0 Å². The van der Waals surface area contributed by atoms with Crippen molar-refractivity contribution >= 4 is 0 Å². The number of halogens is 3. The number of hydrogen-bond donors (Lipinski definition) is 0. The van der Waals surface area contributed by atoms with E-state index in [0.717, 1.165) is 11.1 Å². The van der Waals surface area contributed by atoms with Crippen molar-refractivity contribution in [2.45, 2.75) is 13.8 Å². The summed E-state index contributed by atoms with van der Waals surface area (Å²) in [6, 6.07) is 14.6. The minimum atomic E-state index is -0.616. The van der Waals surface area contributed by atoms with Crippen LogP contribution in [0, 0.1) is 43.1 Å². The molecule has 0 saturated heterocycles. The highest BCUT2D eigenvalue weighted by atomic mass is 19.1. The Labute approximate surface area is 145 Å². The molecule has 0 bridgehead atoms. The Morgan fingerprint density at radius 3 is 1.84 bits per heavy atom. The molecule has 0 atom stereocenters. The van der Waals surface area contributed by atoms with Crippen molar-refractivity contribution in [2.75, 3.05) is 0 Å². The van der Waals surface area contributed by atoms with Gasteiger partial charge in [-0.15, -0.1) is 0 Å². The summed E-state index contributed by atoms with van der Waals surface area (Å²) in [4.78, 5) is 0. The van der Waals surface area contributed by atoms with Crippen molar-refractivity contribution in [3.8, 4) is 23.0 Å². The maximum atomic E-state index is 14.0. The Balaban J connectivity index is 1.87. The third kappa shape index (κ3) is 3.75. The Kier molecular flexibility index (Phi) is 4.63. The van der Waals surface area contributed by atoms with Crippen LogP contribution in [0.25, 0.3) is 11.1 Å². The predicted octanol–water partition coefficient (Wildman–Crippen LogP) is 5.79. The lowest BCUT2D eigenvalue weighted by Crippen LogP contribution is -1.90. The average molecular weight is 336 g/mol. The normalized spacial score (nSPS) is 10.3. The fraction of sp³-hybridized carbons (Fsp3) is 0.0909. The molecular formula is C22H15F3. The van der Waals surface area contributed by atoms with Gasteiger partial charge in [0.05, 0.1) is 0 Å². The van der Waals surface area contributed by atoms with Crippen LogP contribution in [0.3, 0.4) is 0 Å². The van der Waals surface area contributed by atoms with Crippen LogP contribution in [0.4, 0.5) is 13.2 Å². The van der Waals surface area contributed by atoms with Crippen LogP contribution in [0.1, 0.15) is 22.3 Å². The molecule has 3 aromatic rings. The van der Waals surface area contributed by atoms with E-state index < -0.39 is 11.6 Å². The number of benzene rings is 3. The van der Waals surface area contributed by atoms with Crippen LogP contribution in [-0.4, -0.2) is 0 Å². The van der Waals surface area contributed by atoms with E-state index in [2.05, 4.69) is 11.8 Å². The van der Waals surface area contributed by atoms with Gasteiger partial charge in [-0.2, -0.15) is 0 Å². The standard InChI is InChI=1S/C22H15F3/c1-14-3-10-19(22(25)11-14)18-8-6-16(7-9-18)4-5-17-12-20(23)15(2)21(24)13-17/h3,6-13H,1-2H3. The van der Waals surface area contributed by atoms with Crippen molar-refractivity contribution in [3.63, 3.8) is 0 Å². The van der Waals surface area contributed by atoms with E-state index in [1.807, 2.05) is 13.0 Å². The first-order valence-corrected chi connectivity index (χ1v) is 7.78. The van der Waals surface area contributed by atoms with Crippen molar-refractivity contribution in [3.05, 3.63) is 94.3 Å². The van der Waals surface area contributed by atoms with Crippen LogP contribution in [0.5, 0.6) is 0 Å². The number of rotatable bonds is 1. The average Bonchev–Trinajstić information content (AvgIpc) is 2.58. The van der Waals surface area contributed by atoms with Gasteiger partial charge in [0.15, 0.2) is 0 Å². The van der Waals surface area contributed by atoms with E-state index >= 15 is 0 Å². The van der Waals surface area contributed by atoms with Gasteiger partial charge in [-0.05, 0) is 55.3 Å². The second kappa shape index (κ2) is 6.86. The van der Waals surface area contributed by atoms with Crippen LogP contribution in [-0.2, 0) is 0 Å². The van der Waals surface area contributed by atoms with E-state index in [0.29, 0.717) is 11.1 Å². The minimum absolute atomic E-state index is 0.0185. The zero-order valence-electron chi connectivity index (χ0n) is 13.8. The lowest BCUT2D eigenvalue weighted by Gasteiger charge is -2.04. The lowest BCUT2D eigenvalue weighted by atomic mass is 10.0. The largest absolute Gasteiger partial charge is 0.207 e. The first-order chi connectivity index (χ1) is 11.9. The van der Waals surface area contributed by atoms with Gasteiger partial charge in [0.1, 0.15) is 17.5 Å². The first-order valence-electron chi connectivity index (χ1n) is 7.78. The molecule has 3 heteroatoms. The molecule has 124 valence electrons. The van der Waals surface area contributed by atoms with Crippen LogP contribution in [0.15, 0.2) is 54.6 Å². The minimum Gasteiger partial charge on any atom is -0.207 e. The maximum absolute atomic E-state index is 14.0. The molecule has 0 aromatic heterocycles. The van der Waals surface area contributed by atoms with Gasteiger partial charge in [0, 0.05) is 22.3 Å². The topological polar surface area (TPSA) is 0 Å². The fourth-order valence-electron chi connectivity index (χ4n) is 2.45. The summed E-state index contributed by atoms with van der Waals surface area (Å²) in [7, 11) is 0. The summed E-state index contributed by atoms with van der Waals surface area (Å²) in [6.07, 6.45) is 0. The highest BCUT2D eigenvalue weighted by Crippen LogP contribution is 2.24. The SMILES string of the molecule is Cc1ccc(-c2ccc(C#Cc3cc(F)c(C)c(F)c3)cc2)c(F)c1. The van der Waals surface area contributed by atoms with Gasteiger partial charge in [0.25, 0.3) is 0 Å². The first kappa shape index (κ1) is 16.9. The summed E-state index contributed by atoms with van der Waals surface area (Å²) in [5.74, 6) is 4.10. The summed E-state index contributed by atoms with van der Waals surface area (Å²) >= 11 is 0. The molecule has 0 spiro atoms. The zero-order valence-corrected chi connectivity index (χ0v) is 13.8. The lowest BCUT2D eigenvalue weighted by molar-refractivity contribution is 0.567. The molecule has 25 heavy (non-hydrogen) atoms. The predicted molar refractivity (Wildman–Crippen MR) is 93.6 cm³/mol. The Hall–Kier alpha value is -2.99. The van der Waals surface area contributed by atoms with Gasteiger partial charge in [-0.3, -0.25) is 0 Å². The van der Waals surface area contributed by atoms with Gasteiger partial charge < -0.3 is 0 Å². The highest BCUT2D eigenvalue weighted by molar-refractivity contribution is 5.65. The van der Waals surface area contributed by atoms with Gasteiger partial charge in [-0.1, -0.05) is 36.1 Å². The second-order valence-electron chi connectivity index (χ2n) is 5.88.